The van der Waals surface area contributed by atoms with Gasteiger partial charge in [0.25, 0.3) is 0 Å². The molecule has 2 amide bonds. The van der Waals surface area contributed by atoms with Gasteiger partial charge in [-0.1, -0.05) is 0 Å². The number of ether oxygens (including phenoxy) is 1. The van der Waals surface area contributed by atoms with Gasteiger partial charge in [-0.15, -0.1) is 0 Å². The average Bonchev–Trinajstić information content (AvgIpc) is 2.63. The lowest BCUT2D eigenvalue weighted by Gasteiger charge is -2.37. The van der Waals surface area contributed by atoms with Crippen LogP contribution < -0.4 is 0 Å². The number of amides is 2. The van der Waals surface area contributed by atoms with E-state index in [4.69, 9.17) is 4.74 Å². The molecule has 2 saturated heterocycles. The van der Waals surface area contributed by atoms with Gasteiger partial charge in [-0.3, -0.25) is 9.69 Å². The van der Waals surface area contributed by atoms with Gasteiger partial charge in [0, 0.05) is 13.1 Å². The minimum Gasteiger partial charge on any atom is -0.450 e. The Labute approximate surface area is 117 Å². The number of hydrogen-bond donors (Lipinski definition) is 1. The second-order valence-corrected chi connectivity index (χ2v) is 7.07. The Morgan fingerprint density at radius 1 is 1.40 bits per heavy atom. The number of carbonyl (C=O) groups excluding carboxylic acids is 2. The number of aliphatic hydroxyl groups excluding tert-OH is 1. The van der Waals surface area contributed by atoms with E-state index in [0.717, 1.165) is 0 Å². The smallest absolute Gasteiger partial charge is 0.410 e. The third-order valence-corrected chi connectivity index (χ3v) is 5.18. The van der Waals surface area contributed by atoms with Crippen LogP contribution in [0.25, 0.3) is 0 Å². The van der Waals surface area contributed by atoms with Gasteiger partial charge in [0.05, 0.1) is 30.3 Å². The highest BCUT2D eigenvalue weighted by atomic mass is 32.2. The molecule has 0 aliphatic carbocycles. The summed E-state index contributed by atoms with van der Waals surface area (Å²) in [6, 6.07) is -0.711. The zero-order chi connectivity index (χ0) is 14.9. The Morgan fingerprint density at radius 2 is 2.10 bits per heavy atom. The standard InChI is InChI=1S/C11H18N2O6S/c1-2-19-11(16)12-3-4-13(10(15)5-12)8-6-20(17,18)7-9(8)14/h8-9,14H,2-7H2,1H3. The third-order valence-electron chi connectivity index (χ3n) is 3.48. The summed E-state index contributed by atoms with van der Waals surface area (Å²) in [6.07, 6.45) is -1.61. The predicted molar refractivity (Wildman–Crippen MR) is 68.8 cm³/mol. The highest BCUT2D eigenvalue weighted by molar-refractivity contribution is 7.91. The van der Waals surface area contributed by atoms with Gasteiger partial charge in [0.15, 0.2) is 9.84 Å². The van der Waals surface area contributed by atoms with Crippen LogP contribution in [0.3, 0.4) is 0 Å². The summed E-state index contributed by atoms with van der Waals surface area (Å²) < 4.78 is 27.8. The second-order valence-electron chi connectivity index (χ2n) is 4.92. The molecule has 0 saturated carbocycles. The fourth-order valence-corrected chi connectivity index (χ4v) is 4.32. The van der Waals surface area contributed by atoms with Crippen LogP contribution in [0.2, 0.25) is 0 Å². The molecular weight excluding hydrogens is 288 g/mol. The Bertz CT molecular complexity index is 505. The van der Waals surface area contributed by atoms with Crippen LogP contribution in [0.5, 0.6) is 0 Å². The SMILES string of the molecule is CCOC(=O)N1CCN(C2CS(=O)(=O)CC2O)C(=O)C1. The maximum Gasteiger partial charge on any atom is 0.410 e. The van der Waals surface area contributed by atoms with Crippen molar-refractivity contribution in [2.45, 2.75) is 19.1 Å². The Balaban J connectivity index is 2.01. The molecule has 0 bridgehead atoms. The summed E-state index contributed by atoms with van der Waals surface area (Å²) in [4.78, 5) is 26.2. The van der Waals surface area contributed by atoms with Crippen molar-refractivity contribution in [1.82, 2.24) is 9.80 Å². The molecule has 20 heavy (non-hydrogen) atoms. The number of nitrogens with zero attached hydrogens (tertiary/aromatic N) is 2. The topological polar surface area (TPSA) is 104 Å². The fourth-order valence-electron chi connectivity index (χ4n) is 2.52. The van der Waals surface area contributed by atoms with Crippen molar-refractivity contribution < 1.29 is 27.9 Å². The molecule has 0 aromatic rings. The largest absolute Gasteiger partial charge is 0.450 e. The van der Waals surface area contributed by atoms with Crippen molar-refractivity contribution in [3.63, 3.8) is 0 Å². The van der Waals surface area contributed by atoms with E-state index in [-0.39, 0.29) is 43.7 Å². The van der Waals surface area contributed by atoms with Crippen LogP contribution >= 0.6 is 0 Å². The van der Waals surface area contributed by atoms with Gasteiger partial charge >= 0.3 is 6.09 Å². The minimum atomic E-state index is -3.31. The van der Waals surface area contributed by atoms with Gasteiger partial charge in [0.2, 0.25) is 5.91 Å². The molecular formula is C11H18N2O6S. The van der Waals surface area contributed by atoms with Gasteiger partial charge in [-0.2, -0.15) is 0 Å². The Morgan fingerprint density at radius 3 is 2.60 bits per heavy atom. The predicted octanol–water partition coefficient (Wildman–Crippen LogP) is -1.55. The summed E-state index contributed by atoms with van der Waals surface area (Å²) >= 11 is 0. The molecule has 8 nitrogen and oxygen atoms in total. The number of aliphatic hydroxyl groups is 1. The van der Waals surface area contributed by atoms with Crippen LogP contribution in [0, 0.1) is 0 Å². The maximum absolute atomic E-state index is 12.0. The second kappa shape index (κ2) is 5.57. The van der Waals surface area contributed by atoms with Crippen molar-refractivity contribution in [1.29, 1.82) is 0 Å². The Hall–Kier alpha value is -1.35. The normalized spacial score (nSPS) is 29.6. The highest BCUT2D eigenvalue weighted by Gasteiger charge is 2.43. The number of sulfone groups is 1. The van der Waals surface area contributed by atoms with E-state index < -0.39 is 28.1 Å². The average molecular weight is 306 g/mol. The first-order valence-corrected chi connectivity index (χ1v) is 8.26. The molecule has 2 aliphatic rings. The number of carbonyl (C=O) groups is 2. The van der Waals surface area contributed by atoms with Crippen molar-refractivity contribution in [3.05, 3.63) is 0 Å². The molecule has 114 valence electrons. The van der Waals surface area contributed by atoms with E-state index in [1.807, 2.05) is 0 Å². The molecule has 1 N–H and O–H groups in total. The van der Waals surface area contributed by atoms with Crippen molar-refractivity contribution in [3.8, 4) is 0 Å². The summed E-state index contributed by atoms with van der Waals surface area (Å²) in [5.41, 5.74) is 0. The third kappa shape index (κ3) is 3.04. The first-order chi connectivity index (χ1) is 9.34. The van der Waals surface area contributed by atoms with E-state index in [0.29, 0.717) is 0 Å². The fraction of sp³-hybridized carbons (Fsp3) is 0.818. The summed E-state index contributed by atoms with van der Waals surface area (Å²) in [6.45, 7) is 2.23. The quantitative estimate of drug-likeness (QED) is 0.662. The molecule has 0 aromatic carbocycles. The summed E-state index contributed by atoms with van der Waals surface area (Å²) in [7, 11) is -3.31. The molecule has 0 aromatic heterocycles. The van der Waals surface area contributed by atoms with Crippen LogP contribution in [-0.4, -0.2) is 85.2 Å². The van der Waals surface area contributed by atoms with E-state index in [1.54, 1.807) is 6.92 Å². The molecule has 2 rings (SSSR count). The first kappa shape index (κ1) is 15.0. The van der Waals surface area contributed by atoms with Crippen LogP contribution in [-0.2, 0) is 19.4 Å². The first-order valence-electron chi connectivity index (χ1n) is 6.43. The van der Waals surface area contributed by atoms with Crippen LogP contribution in [0.4, 0.5) is 4.79 Å². The van der Waals surface area contributed by atoms with Gasteiger partial charge < -0.3 is 14.7 Å². The zero-order valence-electron chi connectivity index (χ0n) is 11.2. The maximum atomic E-state index is 12.0. The van der Waals surface area contributed by atoms with E-state index in [9.17, 15) is 23.1 Å². The van der Waals surface area contributed by atoms with E-state index in [2.05, 4.69) is 0 Å². The molecule has 0 spiro atoms. The minimum absolute atomic E-state index is 0.151. The monoisotopic (exact) mass is 306 g/mol. The molecule has 2 unspecified atom stereocenters. The summed E-state index contributed by atoms with van der Waals surface area (Å²) in [5.74, 6) is -0.909. The van der Waals surface area contributed by atoms with Crippen molar-refractivity contribution in [2.75, 3.05) is 37.7 Å². The van der Waals surface area contributed by atoms with Gasteiger partial charge in [-0.25, -0.2) is 13.2 Å². The number of rotatable bonds is 2. The van der Waals surface area contributed by atoms with Gasteiger partial charge in [0.1, 0.15) is 6.54 Å². The van der Waals surface area contributed by atoms with Crippen LogP contribution in [0.15, 0.2) is 0 Å². The lowest BCUT2D eigenvalue weighted by atomic mass is 10.1. The highest BCUT2D eigenvalue weighted by Crippen LogP contribution is 2.20. The lowest BCUT2D eigenvalue weighted by Crippen LogP contribution is -2.58. The van der Waals surface area contributed by atoms with Gasteiger partial charge in [-0.05, 0) is 6.92 Å². The molecule has 2 fully saturated rings. The van der Waals surface area contributed by atoms with E-state index in [1.165, 1.54) is 9.80 Å². The van der Waals surface area contributed by atoms with Crippen molar-refractivity contribution >= 4 is 21.8 Å². The molecule has 0 radical (unpaired) electrons. The number of piperazine rings is 1. The van der Waals surface area contributed by atoms with E-state index >= 15 is 0 Å². The molecule has 2 aliphatic heterocycles. The number of hydrogen-bond acceptors (Lipinski definition) is 6. The van der Waals surface area contributed by atoms with Crippen molar-refractivity contribution in [2.24, 2.45) is 0 Å². The molecule has 9 heteroatoms. The lowest BCUT2D eigenvalue weighted by molar-refractivity contribution is -0.139. The van der Waals surface area contributed by atoms with Crippen LogP contribution in [0.1, 0.15) is 6.92 Å². The molecule has 2 atom stereocenters. The summed E-state index contributed by atoms with van der Waals surface area (Å²) in [5, 5.41) is 9.78. The zero-order valence-corrected chi connectivity index (χ0v) is 12.0. The Kier molecular flexibility index (Phi) is 4.19. The molecule has 2 heterocycles.